The quantitative estimate of drug-likeness (QED) is 0.646. The summed E-state index contributed by atoms with van der Waals surface area (Å²) in [5, 5.41) is 19.4. The van der Waals surface area contributed by atoms with E-state index in [1.165, 1.54) is 17.7 Å². The second-order valence-electron chi connectivity index (χ2n) is 2.91. The minimum absolute atomic E-state index is 0.153. The molecule has 1 aromatic rings. The van der Waals surface area contributed by atoms with Crippen LogP contribution in [-0.2, 0) is 0 Å². The Kier molecular flexibility index (Phi) is 4.47. The van der Waals surface area contributed by atoms with E-state index in [4.69, 9.17) is 21.4 Å². The number of aromatic carboxylic acids is 1. The van der Waals surface area contributed by atoms with Crippen molar-refractivity contribution in [1.29, 1.82) is 0 Å². The van der Waals surface area contributed by atoms with Crippen LogP contribution in [0.25, 0.3) is 0 Å². The molecule has 0 aliphatic heterocycles. The summed E-state index contributed by atoms with van der Waals surface area (Å²) in [7, 11) is 0. The first kappa shape index (κ1) is 13.0. The van der Waals surface area contributed by atoms with Gasteiger partial charge in [0.05, 0.1) is 4.92 Å². The molecule has 0 bridgehead atoms. The molecule has 0 heterocycles. The summed E-state index contributed by atoms with van der Waals surface area (Å²) in [6.45, 7) is 0.153. The maximum absolute atomic E-state index is 10.8. The number of ether oxygens (including phenoxy) is 1. The van der Waals surface area contributed by atoms with Crippen LogP contribution in [0.4, 0.5) is 5.69 Å². The summed E-state index contributed by atoms with van der Waals surface area (Å²) in [6.07, 6.45) is 1.50. The van der Waals surface area contributed by atoms with Crippen LogP contribution in [0.2, 0.25) is 0 Å². The van der Waals surface area contributed by atoms with Crippen molar-refractivity contribution in [3.8, 4) is 5.75 Å². The lowest BCUT2D eigenvalue weighted by molar-refractivity contribution is -0.385. The highest BCUT2D eigenvalue weighted by Gasteiger charge is 2.20. The number of halogens is 1. The predicted octanol–water partition coefficient (Wildman–Crippen LogP) is 2.42. The summed E-state index contributed by atoms with van der Waals surface area (Å²) in [5.74, 6) is -1.15. The molecule has 0 saturated heterocycles. The van der Waals surface area contributed by atoms with Gasteiger partial charge in [0, 0.05) is 17.7 Å². The number of nitrogens with zero attached hydrogens (tertiary/aromatic N) is 1. The van der Waals surface area contributed by atoms with Crippen molar-refractivity contribution in [2.24, 2.45) is 0 Å². The van der Waals surface area contributed by atoms with Crippen molar-refractivity contribution < 1.29 is 19.6 Å². The van der Waals surface area contributed by atoms with Crippen LogP contribution in [0.15, 0.2) is 29.8 Å². The Balaban J connectivity index is 3.01. The molecule has 0 unspecified atom stereocenters. The zero-order valence-electron chi connectivity index (χ0n) is 8.50. The average Bonchev–Trinajstić information content (AvgIpc) is 2.29. The predicted molar refractivity (Wildman–Crippen MR) is 60.5 cm³/mol. The molecule has 17 heavy (non-hydrogen) atoms. The van der Waals surface area contributed by atoms with Crippen LogP contribution in [0.3, 0.4) is 0 Å². The molecule has 0 spiro atoms. The Bertz CT molecular complexity index is 472. The molecule has 0 radical (unpaired) electrons. The maximum Gasteiger partial charge on any atom is 0.342 e. The number of carbonyl (C=O) groups is 1. The number of benzene rings is 1. The lowest BCUT2D eigenvalue weighted by Gasteiger charge is -2.04. The molecule has 0 atom stereocenters. The highest BCUT2D eigenvalue weighted by atomic mass is 35.5. The van der Waals surface area contributed by atoms with E-state index < -0.39 is 22.1 Å². The zero-order chi connectivity index (χ0) is 12.8. The van der Waals surface area contributed by atoms with Gasteiger partial charge in [0.1, 0.15) is 17.9 Å². The standard InChI is InChI=1S/C10H8ClNO5/c11-4-1-5-17-7-2-3-9(12(15)16)8(6-7)10(13)14/h1-4,6H,5H2,(H,13,14)/b4-1+. The fourth-order valence-electron chi connectivity index (χ4n) is 1.12. The van der Waals surface area contributed by atoms with Gasteiger partial charge in [-0.1, -0.05) is 11.6 Å². The normalized spacial score (nSPS) is 10.4. The second-order valence-corrected chi connectivity index (χ2v) is 3.17. The molecule has 0 aliphatic rings. The largest absolute Gasteiger partial charge is 0.489 e. The van der Waals surface area contributed by atoms with Crippen molar-refractivity contribution in [3.63, 3.8) is 0 Å². The van der Waals surface area contributed by atoms with Crippen molar-refractivity contribution in [3.05, 3.63) is 45.5 Å². The fourth-order valence-corrected chi connectivity index (χ4v) is 1.19. The van der Waals surface area contributed by atoms with Crippen LogP contribution in [0, 0.1) is 10.1 Å². The highest BCUT2D eigenvalue weighted by molar-refractivity contribution is 6.25. The molecular formula is C10H8ClNO5. The Morgan fingerprint density at radius 3 is 2.82 bits per heavy atom. The van der Waals surface area contributed by atoms with E-state index in [2.05, 4.69) is 0 Å². The summed E-state index contributed by atoms with van der Waals surface area (Å²) in [6, 6.07) is 3.51. The molecule has 1 aromatic carbocycles. The smallest absolute Gasteiger partial charge is 0.342 e. The van der Waals surface area contributed by atoms with Crippen molar-refractivity contribution in [1.82, 2.24) is 0 Å². The van der Waals surface area contributed by atoms with Gasteiger partial charge in [-0.15, -0.1) is 0 Å². The van der Waals surface area contributed by atoms with E-state index in [1.54, 1.807) is 0 Å². The molecule has 6 nitrogen and oxygen atoms in total. The second kappa shape index (κ2) is 5.86. The summed E-state index contributed by atoms with van der Waals surface area (Å²) >= 11 is 5.27. The fraction of sp³-hybridized carbons (Fsp3) is 0.100. The van der Waals surface area contributed by atoms with E-state index in [0.717, 1.165) is 12.1 Å². The lowest BCUT2D eigenvalue weighted by Crippen LogP contribution is -2.03. The molecule has 1 rings (SSSR count). The number of carboxylic acids is 1. The van der Waals surface area contributed by atoms with Crippen LogP contribution in [0.1, 0.15) is 10.4 Å². The third-order valence-corrected chi connectivity index (χ3v) is 2.01. The monoisotopic (exact) mass is 257 g/mol. The van der Waals surface area contributed by atoms with Gasteiger partial charge in [-0.2, -0.15) is 0 Å². The van der Waals surface area contributed by atoms with Gasteiger partial charge < -0.3 is 9.84 Å². The van der Waals surface area contributed by atoms with Crippen LogP contribution in [-0.4, -0.2) is 22.6 Å². The van der Waals surface area contributed by atoms with E-state index in [9.17, 15) is 14.9 Å². The molecule has 7 heteroatoms. The third kappa shape index (κ3) is 3.46. The Hall–Kier alpha value is -2.08. The number of rotatable bonds is 5. The van der Waals surface area contributed by atoms with Gasteiger partial charge in [-0.3, -0.25) is 10.1 Å². The third-order valence-electron chi connectivity index (χ3n) is 1.83. The van der Waals surface area contributed by atoms with Gasteiger partial charge in [0.15, 0.2) is 0 Å². The Morgan fingerprint density at radius 1 is 1.59 bits per heavy atom. The average molecular weight is 258 g/mol. The first-order valence-corrected chi connectivity index (χ1v) is 4.89. The SMILES string of the molecule is O=C(O)c1cc(OC/C=C/Cl)ccc1[N+](=O)[O-]. The number of carboxylic acid groups (broad SMARTS) is 1. The zero-order valence-corrected chi connectivity index (χ0v) is 9.26. The van der Waals surface area contributed by atoms with Crippen molar-refractivity contribution in [2.45, 2.75) is 0 Å². The first-order valence-electron chi connectivity index (χ1n) is 4.46. The van der Waals surface area contributed by atoms with E-state index in [1.807, 2.05) is 0 Å². The molecule has 0 fully saturated rings. The summed E-state index contributed by atoms with van der Waals surface area (Å²) in [4.78, 5) is 20.6. The maximum atomic E-state index is 10.8. The van der Waals surface area contributed by atoms with E-state index in [0.29, 0.717) is 0 Å². The van der Waals surface area contributed by atoms with Crippen LogP contribution < -0.4 is 4.74 Å². The highest BCUT2D eigenvalue weighted by Crippen LogP contribution is 2.24. The van der Waals surface area contributed by atoms with Gasteiger partial charge in [0.2, 0.25) is 0 Å². The topological polar surface area (TPSA) is 89.7 Å². The number of hydrogen-bond acceptors (Lipinski definition) is 4. The van der Waals surface area contributed by atoms with Gasteiger partial charge in [0.25, 0.3) is 5.69 Å². The molecule has 0 aliphatic carbocycles. The molecular weight excluding hydrogens is 250 g/mol. The summed E-state index contributed by atoms with van der Waals surface area (Å²) in [5.41, 5.74) is 0.365. The van der Waals surface area contributed by atoms with Crippen LogP contribution in [0.5, 0.6) is 5.75 Å². The van der Waals surface area contributed by atoms with E-state index >= 15 is 0 Å². The van der Waals surface area contributed by atoms with Crippen molar-refractivity contribution >= 4 is 23.3 Å². The minimum atomic E-state index is -1.38. The van der Waals surface area contributed by atoms with E-state index in [-0.39, 0.29) is 12.4 Å². The number of nitro benzene ring substituents is 1. The van der Waals surface area contributed by atoms with Gasteiger partial charge >= 0.3 is 5.97 Å². The number of nitro groups is 1. The lowest BCUT2D eigenvalue weighted by atomic mass is 10.1. The van der Waals surface area contributed by atoms with Crippen LogP contribution >= 0.6 is 11.6 Å². The number of hydrogen-bond donors (Lipinski definition) is 1. The molecule has 0 aromatic heterocycles. The van der Waals surface area contributed by atoms with Gasteiger partial charge in [-0.25, -0.2) is 4.79 Å². The van der Waals surface area contributed by atoms with Gasteiger partial charge in [-0.05, 0) is 12.1 Å². The molecule has 90 valence electrons. The molecule has 0 amide bonds. The molecule has 1 N–H and O–H groups in total. The van der Waals surface area contributed by atoms with Crippen molar-refractivity contribution in [2.75, 3.05) is 6.61 Å². The Labute approximate surface area is 101 Å². The minimum Gasteiger partial charge on any atom is -0.489 e. The Morgan fingerprint density at radius 2 is 2.29 bits per heavy atom. The first-order chi connectivity index (χ1) is 8.06. The summed E-state index contributed by atoms with van der Waals surface area (Å²) < 4.78 is 5.11. The molecule has 0 saturated carbocycles.